The van der Waals surface area contributed by atoms with Crippen LogP contribution < -0.4 is 15.4 Å². The maximum absolute atomic E-state index is 5.57. The van der Waals surface area contributed by atoms with E-state index >= 15 is 0 Å². The molecule has 0 spiro atoms. The van der Waals surface area contributed by atoms with E-state index in [-0.39, 0.29) is 5.41 Å². The fraction of sp³-hybridized carbons (Fsp3) is 0.562. The van der Waals surface area contributed by atoms with Gasteiger partial charge in [0.05, 0.1) is 7.11 Å². The lowest BCUT2D eigenvalue weighted by Crippen LogP contribution is -2.43. The Bertz CT molecular complexity index is 465. The summed E-state index contributed by atoms with van der Waals surface area (Å²) >= 11 is 0. The van der Waals surface area contributed by atoms with Crippen LogP contribution in [0.5, 0.6) is 5.75 Å². The summed E-state index contributed by atoms with van der Waals surface area (Å²) in [6.07, 6.45) is 4.94. The molecule has 0 heterocycles. The van der Waals surface area contributed by atoms with Crippen LogP contribution in [-0.2, 0) is 5.41 Å². The van der Waals surface area contributed by atoms with E-state index in [1.165, 1.54) is 31.2 Å². The van der Waals surface area contributed by atoms with E-state index in [0.717, 1.165) is 18.3 Å². The van der Waals surface area contributed by atoms with E-state index < -0.39 is 0 Å². The van der Waals surface area contributed by atoms with Gasteiger partial charge >= 0.3 is 0 Å². The summed E-state index contributed by atoms with van der Waals surface area (Å²) in [4.78, 5) is 4.20. The topological polar surface area (TPSA) is 45.7 Å². The van der Waals surface area contributed by atoms with Gasteiger partial charge in [0.1, 0.15) is 5.75 Å². The number of hydrogen-bond acceptors (Lipinski definition) is 2. The van der Waals surface area contributed by atoms with E-state index in [4.69, 9.17) is 4.74 Å². The number of ether oxygens (including phenoxy) is 1. The van der Waals surface area contributed by atoms with Crippen LogP contribution in [0.4, 0.5) is 0 Å². The molecule has 1 aliphatic rings. The van der Waals surface area contributed by atoms with Crippen molar-refractivity contribution in [3.8, 4) is 5.75 Å². The van der Waals surface area contributed by atoms with Crippen molar-refractivity contribution in [2.45, 2.75) is 31.1 Å². The van der Waals surface area contributed by atoms with Gasteiger partial charge in [-0.05, 0) is 18.9 Å². The average molecular weight is 275 g/mol. The van der Waals surface area contributed by atoms with Gasteiger partial charge in [0.15, 0.2) is 5.96 Å². The van der Waals surface area contributed by atoms with Crippen LogP contribution in [-0.4, -0.2) is 33.7 Å². The van der Waals surface area contributed by atoms with Gasteiger partial charge in [-0.3, -0.25) is 4.99 Å². The van der Waals surface area contributed by atoms with Gasteiger partial charge in [-0.15, -0.1) is 0 Å². The van der Waals surface area contributed by atoms with Crippen LogP contribution in [0.15, 0.2) is 29.3 Å². The van der Waals surface area contributed by atoms with E-state index in [0.29, 0.717) is 0 Å². The molecule has 1 aliphatic carbocycles. The summed E-state index contributed by atoms with van der Waals surface area (Å²) in [5, 5.41) is 6.52. The third-order valence-corrected chi connectivity index (χ3v) is 4.29. The second-order valence-electron chi connectivity index (χ2n) is 5.36. The highest BCUT2D eigenvalue weighted by molar-refractivity contribution is 5.79. The molecule has 2 N–H and O–H groups in total. The molecule has 1 aromatic carbocycles. The van der Waals surface area contributed by atoms with Crippen molar-refractivity contribution in [1.82, 2.24) is 10.6 Å². The first-order valence-corrected chi connectivity index (χ1v) is 7.27. The van der Waals surface area contributed by atoms with Crippen molar-refractivity contribution in [3.05, 3.63) is 29.8 Å². The maximum atomic E-state index is 5.57. The van der Waals surface area contributed by atoms with Crippen LogP contribution in [0.3, 0.4) is 0 Å². The summed E-state index contributed by atoms with van der Waals surface area (Å²) in [5.41, 5.74) is 1.47. The minimum atomic E-state index is 0.152. The second-order valence-corrected chi connectivity index (χ2v) is 5.36. The van der Waals surface area contributed by atoms with E-state index in [2.05, 4.69) is 33.8 Å². The van der Waals surface area contributed by atoms with Crippen molar-refractivity contribution >= 4 is 5.96 Å². The Kier molecular flexibility index (Phi) is 4.88. The number of nitrogens with one attached hydrogen (secondary N) is 2. The molecule has 2 rings (SSSR count). The molecule has 0 unspecified atom stereocenters. The number of methoxy groups -OCH3 is 1. The SMILES string of the molecule is CN=C(NC)NCC1(c2ccccc2OC)CCCC1. The zero-order valence-electron chi connectivity index (χ0n) is 12.7. The summed E-state index contributed by atoms with van der Waals surface area (Å²) in [6, 6.07) is 8.39. The van der Waals surface area contributed by atoms with E-state index in [1.54, 1.807) is 14.2 Å². The van der Waals surface area contributed by atoms with Crippen LogP contribution in [0, 0.1) is 0 Å². The molecule has 0 aliphatic heterocycles. The van der Waals surface area contributed by atoms with Gasteiger partial charge < -0.3 is 15.4 Å². The molecule has 0 aromatic heterocycles. The zero-order valence-corrected chi connectivity index (χ0v) is 12.7. The molecule has 4 heteroatoms. The van der Waals surface area contributed by atoms with E-state index in [1.807, 2.05) is 13.1 Å². The first-order chi connectivity index (χ1) is 9.75. The summed E-state index contributed by atoms with van der Waals surface area (Å²) in [5.74, 6) is 1.84. The molecular weight excluding hydrogens is 250 g/mol. The number of para-hydroxylation sites is 1. The Labute approximate surface area is 121 Å². The molecule has 1 saturated carbocycles. The molecule has 4 nitrogen and oxygen atoms in total. The second kappa shape index (κ2) is 6.64. The molecule has 0 amide bonds. The molecule has 20 heavy (non-hydrogen) atoms. The van der Waals surface area contributed by atoms with E-state index in [9.17, 15) is 0 Å². The Morgan fingerprint density at radius 3 is 2.60 bits per heavy atom. The van der Waals surface area contributed by atoms with Crippen molar-refractivity contribution in [3.63, 3.8) is 0 Å². The molecule has 1 aromatic rings. The first-order valence-electron chi connectivity index (χ1n) is 7.27. The number of hydrogen-bond donors (Lipinski definition) is 2. The van der Waals surface area contributed by atoms with Crippen molar-refractivity contribution in [2.24, 2.45) is 4.99 Å². The largest absolute Gasteiger partial charge is 0.496 e. The lowest BCUT2D eigenvalue weighted by molar-refractivity contribution is 0.371. The average Bonchev–Trinajstić information content (AvgIpc) is 2.98. The third-order valence-electron chi connectivity index (χ3n) is 4.29. The van der Waals surface area contributed by atoms with Crippen molar-refractivity contribution in [2.75, 3.05) is 27.7 Å². The predicted molar refractivity (Wildman–Crippen MR) is 83.6 cm³/mol. The Morgan fingerprint density at radius 1 is 1.30 bits per heavy atom. The quantitative estimate of drug-likeness (QED) is 0.655. The Morgan fingerprint density at radius 2 is 2.00 bits per heavy atom. The highest BCUT2D eigenvalue weighted by atomic mass is 16.5. The molecule has 0 bridgehead atoms. The van der Waals surface area contributed by atoms with Crippen LogP contribution in [0.25, 0.3) is 0 Å². The fourth-order valence-corrected chi connectivity index (χ4v) is 3.21. The van der Waals surface area contributed by atoms with Crippen molar-refractivity contribution < 1.29 is 4.74 Å². The standard InChI is InChI=1S/C16H25N3O/c1-17-15(18-2)19-12-16(10-6-7-11-16)13-8-4-5-9-14(13)20-3/h4-5,8-9H,6-7,10-12H2,1-3H3,(H2,17,18,19). The summed E-state index contributed by atoms with van der Waals surface area (Å²) < 4.78 is 5.57. The molecule has 110 valence electrons. The number of nitrogens with zero attached hydrogens (tertiary/aromatic N) is 1. The van der Waals surface area contributed by atoms with Gasteiger partial charge in [0.2, 0.25) is 0 Å². The monoisotopic (exact) mass is 275 g/mol. The number of aliphatic imine (C=N–C) groups is 1. The van der Waals surface area contributed by atoms with Crippen LogP contribution >= 0.6 is 0 Å². The minimum absolute atomic E-state index is 0.152. The van der Waals surface area contributed by atoms with Gasteiger partial charge in [0.25, 0.3) is 0 Å². The van der Waals surface area contributed by atoms with Crippen molar-refractivity contribution in [1.29, 1.82) is 0 Å². The van der Waals surface area contributed by atoms with Crippen LogP contribution in [0.1, 0.15) is 31.2 Å². The molecular formula is C16H25N3O. The Balaban J connectivity index is 2.25. The highest BCUT2D eigenvalue weighted by Crippen LogP contribution is 2.44. The molecule has 0 atom stereocenters. The smallest absolute Gasteiger partial charge is 0.190 e. The third kappa shape index (κ3) is 2.89. The molecule has 0 radical (unpaired) electrons. The van der Waals surface area contributed by atoms with Crippen LogP contribution in [0.2, 0.25) is 0 Å². The van der Waals surface area contributed by atoms with Gasteiger partial charge in [0, 0.05) is 31.6 Å². The lowest BCUT2D eigenvalue weighted by atomic mass is 9.78. The lowest BCUT2D eigenvalue weighted by Gasteiger charge is -2.31. The summed E-state index contributed by atoms with van der Waals surface area (Å²) in [7, 11) is 5.43. The number of rotatable bonds is 4. The Hall–Kier alpha value is -1.71. The number of guanidine groups is 1. The summed E-state index contributed by atoms with van der Waals surface area (Å²) in [6.45, 7) is 0.890. The van der Waals surface area contributed by atoms with Gasteiger partial charge in [-0.2, -0.15) is 0 Å². The zero-order chi connectivity index (χ0) is 14.4. The van der Waals surface area contributed by atoms with Gasteiger partial charge in [-0.1, -0.05) is 31.0 Å². The maximum Gasteiger partial charge on any atom is 0.190 e. The van der Waals surface area contributed by atoms with Gasteiger partial charge in [-0.25, -0.2) is 0 Å². The normalized spacial score (nSPS) is 17.9. The predicted octanol–water partition coefficient (Wildman–Crippen LogP) is 2.30. The fourth-order valence-electron chi connectivity index (χ4n) is 3.21. The molecule has 1 fully saturated rings. The highest BCUT2D eigenvalue weighted by Gasteiger charge is 2.37. The minimum Gasteiger partial charge on any atom is -0.496 e. The number of benzene rings is 1. The first kappa shape index (κ1) is 14.7. The molecule has 0 saturated heterocycles.